The van der Waals surface area contributed by atoms with Crippen molar-refractivity contribution in [2.24, 2.45) is 11.1 Å². The van der Waals surface area contributed by atoms with Gasteiger partial charge in [-0.15, -0.1) is 0 Å². The van der Waals surface area contributed by atoms with Crippen molar-refractivity contribution in [3.8, 4) is 0 Å². The highest BCUT2D eigenvalue weighted by Gasteiger charge is 2.08. The number of primary sulfonamides is 1. The predicted octanol–water partition coefficient (Wildman–Crippen LogP) is 3.43. The van der Waals surface area contributed by atoms with Gasteiger partial charge in [-0.3, -0.25) is 0 Å². The van der Waals surface area contributed by atoms with Gasteiger partial charge in [-0.25, -0.2) is 13.6 Å². The minimum atomic E-state index is -3.62. The molecule has 0 aromatic heterocycles. The summed E-state index contributed by atoms with van der Waals surface area (Å²) < 4.78 is 22.5. The molecule has 5 heteroatoms. The minimum absolute atomic E-state index is 0.152. The monoisotopic (exact) mass is 360 g/mol. The third kappa shape index (κ3) is 6.27. The fourth-order valence-corrected chi connectivity index (χ4v) is 3.37. The minimum Gasteiger partial charge on any atom is -0.310 e. The molecule has 1 unspecified atom stereocenters. The largest absolute Gasteiger partial charge is 0.310 e. The normalized spacial score (nSPS) is 13.2. The maximum atomic E-state index is 11.3. The fraction of sp³-hybridized carbons (Fsp3) is 0.400. The highest BCUT2D eigenvalue weighted by Crippen LogP contribution is 2.17. The Hall–Kier alpha value is -1.69. The van der Waals surface area contributed by atoms with Crippen LogP contribution in [0, 0.1) is 5.92 Å². The van der Waals surface area contributed by atoms with Gasteiger partial charge in [-0.1, -0.05) is 50.2 Å². The van der Waals surface area contributed by atoms with E-state index in [1.165, 1.54) is 11.1 Å². The van der Waals surface area contributed by atoms with Crippen LogP contribution < -0.4 is 10.5 Å². The van der Waals surface area contributed by atoms with Crippen LogP contribution in [-0.4, -0.2) is 15.0 Å². The first-order valence-corrected chi connectivity index (χ1v) is 10.2. The van der Waals surface area contributed by atoms with Gasteiger partial charge in [0.2, 0.25) is 10.0 Å². The number of hydrogen-bond donors (Lipinski definition) is 2. The molecule has 2 aromatic carbocycles. The lowest BCUT2D eigenvalue weighted by Gasteiger charge is -2.16. The first-order valence-electron chi connectivity index (χ1n) is 8.69. The summed E-state index contributed by atoms with van der Waals surface area (Å²) in [4.78, 5) is 0.152. The molecule has 136 valence electrons. The molecule has 0 spiro atoms. The summed E-state index contributed by atoms with van der Waals surface area (Å²) in [6.07, 6.45) is 1.93. The topological polar surface area (TPSA) is 72.2 Å². The van der Waals surface area contributed by atoms with E-state index in [1.54, 1.807) is 12.1 Å². The van der Waals surface area contributed by atoms with Crippen molar-refractivity contribution in [2.45, 2.75) is 44.6 Å². The van der Waals surface area contributed by atoms with Gasteiger partial charge in [0.05, 0.1) is 4.90 Å². The lowest BCUT2D eigenvalue weighted by Crippen LogP contribution is -2.21. The Kier molecular flexibility index (Phi) is 6.76. The SMILES string of the molecule is CC(C)Cc1cccc(C(C)NCCc2ccc(S(N)(=O)=O)cc2)c1. The smallest absolute Gasteiger partial charge is 0.238 e. The third-order valence-electron chi connectivity index (χ3n) is 4.21. The molecule has 0 saturated carbocycles. The van der Waals surface area contributed by atoms with Gasteiger partial charge in [0.15, 0.2) is 0 Å². The van der Waals surface area contributed by atoms with Crippen molar-refractivity contribution in [3.63, 3.8) is 0 Å². The van der Waals surface area contributed by atoms with Crippen LogP contribution in [-0.2, 0) is 22.9 Å². The Labute approximate surface area is 151 Å². The second kappa shape index (κ2) is 8.61. The molecule has 0 radical (unpaired) electrons. The molecule has 0 aliphatic carbocycles. The Morgan fingerprint density at radius 3 is 2.28 bits per heavy atom. The van der Waals surface area contributed by atoms with Crippen LogP contribution >= 0.6 is 0 Å². The summed E-state index contributed by atoms with van der Waals surface area (Å²) in [6, 6.07) is 15.8. The van der Waals surface area contributed by atoms with Crippen molar-refractivity contribution in [1.29, 1.82) is 0 Å². The highest BCUT2D eigenvalue weighted by molar-refractivity contribution is 7.89. The van der Waals surface area contributed by atoms with Crippen molar-refractivity contribution < 1.29 is 8.42 Å². The summed E-state index contributed by atoms with van der Waals surface area (Å²) in [6.45, 7) is 7.45. The molecule has 0 saturated heterocycles. The zero-order valence-corrected chi connectivity index (χ0v) is 16.0. The van der Waals surface area contributed by atoms with E-state index in [2.05, 4.69) is 50.4 Å². The average Bonchev–Trinajstić information content (AvgIpc) is 2.54. The lowest BCUT2D eigenvalue weighted by molar-refractivity contribution is 0.574. The number of rotatable bonds is 8. The molecule has 0 aliphatic rings. The fourth-order valence-electron chi connectivity index (χ4n) is 2.86. The second-order valence-corrected chi connectivity index (χ2v) is 8.52. The molecule has 0 aliphatic heterocycles. The van der Waals surface area contributed by atoms with Crippen LogP contribution in [0.5, 0.6) is 0 Å². The number of nitrogens with two attached hydrogens (primary N) is 1. The lowest BCUT2D eigenvalue weighted by atomic mass is 9.98. The number of benzene rings is 2. The molecule has 1 atom stereocenters. The number of nitrogens with one attached hydrogen (secondary N) is 1. The third-order valence-corrected chi connectivity index (χ3v) is 5.14. The summed E-state index contributed by atoms with van der Waals surface area (Å²) in [5, 5.41) is 8.64. The average molecular weight is 361 g/mol. The van der Waals surface area contributed by atoms with Gasteiger partial charge < -0.3 is 5.32 Å². The van der Waals surface area contributed by atoms with E-state index in [9.17, 15) is 8.42 Å². The van der Waals surface area contributed by atoms with E-state index >= 15 is 0 Å². The molecule has 0 heterocycles. The van der Waals surface area contributed by atoms with Crippen molar-refractivity contribution in [1.82, 2.24) is 5.32 Å². The molecular weight excluding hydrogens is 332 g/mol. The molecule has 0 bridgehead atoms. The summed E-state index contributed by atoms with van der Waals surface area (Å²) in [7, 11) is -3.62. The van der Waals surface area contributed by atoms with E-state index in [0.717, 1.165) is 24.9 Å². The first kappa shape index (κ1) is 19.6. The van der Waals surface area contributed by atoms with Crippen molar-refractivity contribution >= 4 is 10.0 Å². The highest BCUT2D eigenvalue weighted by atomic mass is 32.2. The van der Waals surface area contributed by atoms with Crippen molar-refractivity contribution in [2.75, 3.05) is 6.54 Å². The Bertz CT molecular complexity index is 784. The molecule has 2 rings (SSSR count). The van der Waals surface area contributed by atoms with Crippen LogP contribution in [0.15, 0.2) is 53.4 Å². The Morgan fingerprint density at radius 2 is 1.68 bits per heavy atom. The predicted molar refractivity (Wildman–Crippen MR) is 103 cm³/mol. The molecule has 4 nitrogen and oxygen atoms in total. The van der Waals surface area contributed by atoms with Gasteiger partial charge in [-0.2, -0.15) is 0 Å². The maximum absolute atomic E-state index is 11.3. The Morgan fingerprint density at radius 1 is 1.00 bits per heavy atom. The molecular formula is C20H28N2O2S. The molecule has 2 aromatic rings. The number of hydrogen-bond acceptors (Lipinski definition) is 3. The Balaban J connectivity index is 1.89. The molecule has 25 heavy (non-hydrogen) atoms. The van der Waals surface area contributed by atoms with Gasteiger partial charge >= 0.3 is 0 Å². The summed E-state index contributed by atoms with van der Waals surface area (Å²) in [5.74, 6) is 0.652. The van der Waals surface area contributed by atoms with E-state index in [-0.39, 0.29) is 10.9 Å². The zero-order chi connectivity index (χ0) is 18.4. The summed E-state index contributed by atoms with van der Waals surface area (Å²) in [5.41, 5.74) is 3.75. The van der Waals surface area contributed by atoms with Crippen LogP contribution in [0.3, 0.4) is 0 Å². The molecule has 0 fully saturated rings. The second-order valence-electron chi connectivity index (χ2n) is 6.96. The quantitative estimate of drug-likeness (QED) is 0.757. The summed E-state index contributed by atoms with van der Waals surface area (Å²) >= 11 is 0. The zero-order valence-electron chi connectivity index (χ0n) is 15.2. The number of sulfonamides is 1. The van der Waals surface area contributed by atoms with E-state index in [1.807, 2.05) is 12.1 Å². The van der Waals surface area contributed by atoms with Gasteiger partial charge in [-0.05, 0) is 61.1 Å². The standard InChI is InChI=1S/C20H28N2O2S/c1-15(2)13-18-5-4-6-19(14-18)16(3)22-12-11-17-7-9-20(10-8-17)25(21,23)24/h4-10,14-16,22H,11-13H2,1-3H3,(H2,21,23,24). The maximum Gasteiger partial charge on any atom is 0.238 e. The first-order chi connectivity index (χ1) is 11.8. The van der Waals surface area contributed by atoms with Crippen LogP contribution in [0.4, 0.5) is 0 Å². The molecule has 0 amide bonds. The van der Waals surface area contributed by atoms with E-state index in [4.69, 9.17) is 5.14 Å². The van der Waals surface area contributed by atoms with Crippen LogP contribution in [0.1, 0.15) is 43.5 Å². The van der Waals surface area contributed by atoms with Gasteiger partial charge in [0.1, 0.15) is 0 Å². The van der Waals surface area contributed by atoms with E-state index in [0.29, 0.717) is 5.92 Å². The van der Waals surface area contributed by atoms with Gasteiger partial charge in [0, 0.05) is 6.04 Å². The van der Waals surface area contributed by atoms with Crippen LogP contribution in [0.2, 0.25) is 0 Å². The van der Waals surface area contributed by atoms with Crippen LogP contribution in [0.25, 0.3) is 0 Å². The van der Waals surface area contributed by atoms with Crippen molar-refractivity contribution in [3.05, 3.63) is 65.2 Å². The van der Waals surface area contributed by atoms with Gasteiger partial charge in [0.25, 0.3) is 0 Å². The molecule has 3 N–H and O–H groups in total. The van der Waals surface area contributed by atoms with E-state index < -0.39 is 10.0 Å².